The number of ether oxygens (including phenoxy) is 3. The van der Waals surface area contributed by atoms with E-state index in [1.54, 1.807) is 19.6 Å². The van der Waals surface area contributed by atoms with Crippen LogP contribution in [0.3, 0.4) is 0 Å². The lowest BCUT2D eigenvalue weighted by Crippen LogP contribution is -2.06. The summed E-state index contributed by atoms with van der Waals surface area (Å²) >= 11 is 3.53. The minimum Gasteiger partial charge on any atom is -0.498 e. The monoisotopic (exact) mass is 338 g/mol. The summed E-state index contributed by atoms with van der Waals surface area (Å²) in [6.07, 6.45) is 5.61. The third-order valence-electron chi connectivity index (χ3n) is 3.24. The molecule has 130 valence electrons. The van der Waals surface area contributed by atoms with Crippen LogP contribution in [-0.2, 0) is 14.2 Å². The first-order chi connectivity index (χ1) is 11.2. The molecule has 0 aliphatic rings. The van der Waals surface area contributed by atoms with Gasteiger partial charge in [0.05, 0.1) is 26.1 Å². The first-order valence-electron chi connectivity index (χ1n) is 7.72. The largest absolute Gasteiger partial charge is 0.498 e. The lowest BCUT2D eigenvalue weighted by atomic mass is 10.0. The summed E-state index contributed by atoms with van der Waals surface area (Å²) in [5, 5.41) is 0. The fraction of sp³-hybridized carbons (Fsp3) is 0.474. The predicted molar refractivity (Wildman–Crippen MR) is 103 cm³/mol. The quantitative estimate of drug-likeness (QED) is 0.402. The molecule has 0 amide bonds. The number of hydrogen-bond donors (Lipinski definition) is 1. The minimum absolute atomic E-state index is 0.550. The molecule has 4 heteroatoms. The molecule has 3 nitrogen and oxygen atoms in total. The number of allylic oxidation sites excluding steroid dienone is 3. The standard InChI is InChI=1S/C18H26O3.CH4S/c1-5-15(2)17-7-6-8-18(13-17)16(3)14-21-12-11-20-10-9-19-4;1-2/h5-8,13-14H,9-12H2,1-4H3;2H,1H3/b15-5+,16-14+;. The van der Waals surface area contributed by atoms with Crippen LogP contribution in [0, 0.1) is 0 Å². The molecular formula is C19H30O3S. The van der Waals surface area contributed by atoms with Crippen molar-refractivity contribution in [2.45, 2.75) is 20.8 Å². The van der Waals surface area contributed by atoms with E-state index in [-0.39, 0.29) is 0 Å². The maximum Gasteiger partial charge on any atom is 0.111 e. The van der Waals surface area contributed by atoms with Crippen LogP contribution >= 0.6 is 12.6 Å². The van der Waals surface area contributed by atoms with Crippen molar-refractivity contribution >= 4 is 23.8 Å². The first kappa shape index (κ1) is 21.8. The van der Waals surface area contributed by atoms with Crippen molar-refractivity contribution in [3.05, 3.63) is 47.7 Å². The number of benzene rings is 1. The topological polar surface area (TPSA) is 27.7 Å². The van der Waals surface area contributed by atoms with Crippen LogP contribution in [0.2, 0.25) is 0 Å². The van der Waals surface area contributed by atoms with Crippen molar-refractivity contribution in [3.8, 4) is 0 Å². The lowest BCUT2D eigenvalue weighted by molar-refractivity contribution is 0.0465. The second kappa shape index (κ2) is 14.4. The molecule has 0 aliphatic heterocycles. The number of hydrogen-bond acceptors (Lipinski definition) is 4. The molecule has 0 aliphatic carbocycles. The van der Waals surface area contributed by atoms with Crippen LogP contribution in [-0.4, -0.2) is 39.8 Å². The van der Waals surface area contributed by atoms with Gasteiger partial charge in [-0.2, -0.15) is 12.6 Å². The van der Waals surface area contributed by atoms with Crippen LogP contribution in [0.4, 0.5) is 0 Å². The molecule has 0 atom stereocenters. The highest BCUT2D eigenvalue weighted by Gasteiger charge is 2.00. The molecule has 0 spiro atoms. The number of thiol groups is 1. The minimum atomic E-state index is 0.550. The fourth-order valence-electron chi connectivity index (χ4n) is 1.78. The number of rotatable bonds is 9. The summed E-state index contributed by atoms with van der Waals surface area (Å²) in [5.41, 5.74) is 4.80. The van der Waals surface area contributed by atoms with Crippen molar-refractivity contribution in [2.75, 3.05) is 39.8 Å². The maximum absolute atomic E-state index is 5.51. The van der Waals surface area contributed by atoms with Gasteiger partial charge in [0.1, 0.15) is 6.61 Å². The Kier molecular flexibility index (Phi) is 13.6. The van der Waals surface area contributed by atoms with Gasteiger partial charge < -0.3 is 14.2 Å². The molecule has 0 saturated carbocycles. The van der Waals surface area contributed by atoms with Gasteiger partial charge in [0, 0.05) is 7.11 Å². The van der Waals surface area contributed by atoms with Gasteiger partial charge in [-0.15, -0.1) is 0 Å². The zero-order valence-corrected chi connectivity index (χ0v) is 15.9. The summed E-state index contributed by atoms with van der Waals surface area (Å²) < 4.78 is 15.8. The van der Waals surface area contributed by atoms with E-state index in [1.807, 2.05) is 0 Å². The summed E-state index contributed by atoms with van der Waals surface area (Å²) in [5.74, 6) is 0. The number of methoxy groups -OCH3 is 1. The molecule has 0 unspecified atom stereocenters. The summed E-state index contributed by atoms with van der Waals surface area (Å²) in [6.45, 7) is 8.57. The fourth-order valence-corrected chi connectivity index (χ4v) is 1.78. The van der Waals surface area contributed by atoms with E-state index in [4.69, 9.17) is 14.2 Å². The summed E-state index contributed by atoms with van der Waals surface area (Å²) in [7, 11) is 1.66. The zero-order chi connectivity index (χ0) is 17.5. The van der Waals surface area contributed by atoms with Crippen molar-refractivity contribution in [1.82, 2.24) is 0 Å². The highest BCUT2D eigenvalue weighted by molar-refractivity contribution is 7.79. The van der Waals surface area contributed by atoms with E-state index in [9.17, 15) is 0 Å². The van der Waals surface area contributed by atoms with Crippen molar-refractivity contribution in [1.29, 1.82) is 0 Å². The third kappa shape index (κ3) is 9.49. The Morgan fingerprint density at radius 1 is 1.00 bits per heavy atom. The van der Waals surface area contributed by atoms with Gasteiger partial charge in [0.25, 0.3) is 0 Å². The molecule has 0 radical (unpaired) electrons. The highest BCUT2D eigenvalue weighted by atomic mass is 32.1. The third-order valence-corrected chi connectivity index (χ3v) is 3.24. The Balaban J connectivity index is 0.00000232. The molecule has 1 aromatic rings. The van der Waals surface area contributed by atoms with E-state index in [1.165, 1.54) is 16.7 Å². The van der Waals surface area contributed by atoms with Gasteiger partial charge in [-0.1, -0.05) is 24.3 Å². The first-order valence-corrected chi connectivity index (χ1v) is 8.62. The predicted octanol–water partition coefficient (Wildman–Crippen LogP) is 4.70. The van der Waals surface area contributed by atoms with Gasteiger partial charge in [-0.25, -0.2) is 0 Å². The maximum atomic E-state index is 5.51. The van der Waals surface area contributed by atoms with Crippen LogP contribution in [0.15, 0.2) is 36.6 Å². The van der Waals surface area contributed by atoms with Crippen LogP contribution in [0.1, 0.15) is 31.9 Å². The Morgan fingerprint density at radius 3 is 2.22 bits per heavy atom. The average molecular weight is 339 g/mol. The molecule has 0 bridgehead atoms. The van der Waals surface area contributed by atoms with Crippen LogP contribution in [0.25, 0.3) is 11.1 Å². The van der Waals surface area contributed by atoms with Crippen LogP contribution < -0.4 is 0 Å². The van der Waals surface area contributed by atoms with E-state index in [2.05, 4.69) is 63.7 Å². The Labute approximate surface area is 146 Å². The Hall–Kier alpha value is -1.23. The lowest BCUT2D eigenvalue weighted by Gasteiger charge is -2.07. The molecule has 1 aromatic carbocycles. The second-order valence-electron chi connectivity index (χ2n) is 4.83. The van der Waals surface area contributed by atoms with E-state index in [0.29, 0.717) is 26.4 Å². The average Bonchev–Trinajstić information content (AvgIpc) is 2.61. The molecule has 0 fully saturated rings. The molecule has 0 N–H and O–H groups in total. The van der Waals surface area contributed by atoms with E-state index < -0.39 is 0 Å². The van der Waals surface area contributed by atoms with Crippen molar-refractivity contribution in [2.24, 2.45) is 0 Å². The van der Waals surface area contributed by atoms with E-state index >= 15 is 0 Å². The normalized spacial score (nSPS) is 11.7. The Bertz CT molecular complexity index is 481. The van der Waals surface area contributed by atoms with Crippen LogP contribution in [0.5, 0.6) is 0 Å². The van der Waals surface area contributed by atoms with Gasteiger partial charge in [-0.05, 0) is 55.4 Å². The summed E-state index contributed by atoms with van der Waals surface area (Å²) in [4.78, 5) is 0. The van der Waals surface area contributed by atoms with Gasteiger partial charge in [0.15, 0.2) is 0 Å². The highest BCUT2D eigenvalue weighted by Crippen LogP contribution is 2.20. The van der Waals surface area contributed by atoms with Crippen molar-refractivity contribution < 1.29 is 14.2 Å². The molecule has 0 saturated heterocycles. The van der Waals surface area contributed by atoms with Crippen molar-refractivity contribution in [3.63, 3.8) is 0 Å². The molecule has 23 heavy (non-hydrogen) atoms. The molecule has 0 heterocycles. The smallest absolute Gasteiger partial charge is 0.111 e. The molecule has 0 aromatic heterocycles. The van der Waals surface area contributed by atoms with E-state index in [0.717, 1.165) is 5.57 Å². The second-order valence-corrected chi connectivity index (χ2v) is 4.83. The molecular weight excluding hydrogens is 308 g/mol. The SMILES string of the molecule is C/C=C(\C)c1cccc(/C(C)=C/OCCOCCOC)c1.CS. The van der Waals surface area contributed by atoms with Gasteiger partial charge >= 0.3 is 0 Å². The Morgan fingerprint density at radius 2 is 1.61 bits per heavy atom. The summed E-state index contributed by atoms with van der Waals surface area (Å²) in [6, 6.07) is 8.47. The zero-order valence-electron chi connectivity index (χ0n) is 15.0. The van der Waals surface area contributed by atoms with Gasteiger partial charge in [0.2, 0.25) is 0 Å². The molecule has 1 rings (SSSR count). The van der Waals surface area contributed by atoms with Gasteiger partial charge in [-0.3, -0.25) is 0 Å².